The normalized spacial score (nSPS) is 20.3. The first kappa shape index (κ1) is 19.5. The van der Waals surface area contributed by atoms with Crippen LogP contribution in [0.5, 0.6) is 11.5 Å². The largest absolute Gasteiger partial charge is 0.454 e. The van der Waals surface area contributed by atoms with E-state index in [0.29, 0.717) is 16.2 Å². The van der Waals surface area contributed by atoms with Crippen molar-refractivity contribution in [1.29, 1.82) is 0 Å². The molecule has 9 heteroatoms. The van der Waals surface area contributed by atoms with Gasteiger partial charge in [-0.25, -0.2) is 4.68 Å². The van der Waals surface area contributed by atoms with Crippen molar-refractivity contribution >= 4 is 5.91 Å². The van der Waals surface area contributed by atoms with E-state index in [4.69, 9.17) is 14.2 Å². The zero-order valence-corrected chi connectivity index (χ0v) is 16.4. The fourth-order valence-corrected chi connectivity index (χ4v) is 3.80. The van der Waals surface area contributed by atoms with Gasteiger partial charge >= 0.3 is 6.55 Å². The molecule has 7 nitrogen and oxygen atoms in total. The zero-order chi connectivity index (χ0) is 21.4. The number of carbonyl (C=O) groups excluding carboxylic acids is 1. The molecule has 0 radical (unpaired) electrons. The summed E-state index contributed by atoms with van der Waals surface area (Å²) in [5.74, 6) is 0.857. The minimum atomic E-state index is -2.80. The number of nitrogens with zero attached hydrogens (tertiary/aromatic N) is 3. The van der Waals surface area contributed by atoms with E-state index in [-0.39, 0.29) is 31.7 Å². The van der Waals surface area contributed by atoms with Crippen LogP contribution in [-0.2, 0) is 4.74 Å². The fourth-order valence-electron chi connectivity index (χ4n) is 3.80. The lowest BCUT2D eigenvalue weighted by atomic mass is 10.0. The van der Waals surface area contributed by atoms with Crippen molar-refractivity contribution in [3.05, 3.63) is 77.6 Å². The fraction of sp³-hybridized carbons (Fsp3) is 0.273. The summed E-state index contributed by atoms with van der Waals surface area (Å²) in [6.45, 7) is -2.10. The third kappa shape index (κ3) is 3.84. The van der Waals surface area contributed by atoms with Crippen LogP contribution < -0.4 is 9.47 Å². The number of carbonyl (C=O) groups is 1. The highest BCUT2D eigenvalue weighted by Gasteiger charge is 2.34. The molecule has 1 amide bonds. The molecule has 2 atom stereocenters. The number of alkyl halides is 2. The summed E-state index contributed by atoms with van der Waals surface area (Å²) in [7, 11) is 0. The van der Waals surface area contributed by atoms with Crippen LogP contribution in [0.15, 0.2) is 60.8 Å². The van der Waals surface area contributed by atoms with Crippen molar-refractivity contribution in [1.82, 2.24) is 14.7 Å². The molecule has 2 aliphatic heterocycles. The van der Waals surface area contributed by atoms with E-state index >= 15 is 0 Å². The van der Waals surface area contributed by atoms with E-state index in [1.54, 1.807) is 4.90 Å². The van der Waals surface area contributed by atoms with E-state index in [2.05, 4.69) is 5.10 Å². The predicted octanol–water partition coefficient (Wildman–Crippen LogP) is 3.96. The minimum absolute atomic E-state index is 0.0292. The second-order valence-electron chi connectivity index (χ2n) is 7.31. The molecule has 160 valence electrons. The van der Waals surface area contributed by atoms with Crippen LogP contribution in [0.3, 0.4) is 0 Å². The van der Waals surface area contributed by atoms with Gasteiger partial charge in [-0.3, -0.25) is 4.79 Å². The molecule has 0 unspecified atom stereocenters. The number of rotatable bonds is 4. The molecule has 2 aromatic carbocycles. The maximum atomic E-state index is 13.1. The average molecular weight is 427 g/mol. The van der Waals surface area contributed by atoms with Crippen LogP contribution in [0.4, 0.5) is 8.78 Å². The summed E-state index contributed by atoms with van der Waals surface area (Å²) >= 11 is 0. The first-order valence-electron chi connectivity index (χ1n) is 9.81. The van der Waals surface area contributed by atoms with Gasteiger partial charge in [0.15, 0.2) is 17.2 Å². The van der Waals surface area contributed by atoms with Crippen LogP contribution in [-0.4, -0.2) is 40.5 Å². The first-order valence-corrected chi connectivity index (χ1v) is 9.81. The highest BCUT2D eigenvalue weighted by molar-refractivity contribution is 5.92. The summed E-state index contributed by atoms with van der Waals surface area (Å²) < 4.78 is 43.4. The van der Waals surface area contributed by atoms with Crippen molar-refractivity contribution in [2.75, 3.05) is 19.9 Å². The smallest absolute Gasteiger partial charge is 0.333 e. The number of fused-ring (bicyclic) bond motifs is 1. The Bertz CT molecular complexity index is 1090. The van der Waals surface area contributed by atoms with E-state index in [9.17, 15) is 13.6 Å². The monoisotopic (exact) mass is 427 g/mol. The molecule has 31 heavy (non-hydrogen) atoms. The maximum absolute atomic E-state index is 13.1. The molecule has 3 aromatic rings. The van der Waals surface area contributed by atoms with Crippen LogP contribution in [0.1, 0.15) is 40.4 Å². The van der Waals surface area contributed by atoms with E-state index in [1.165, 1.54) is 6.07 Å². The van der Waals surface area contributed by atoms with Gasteiger partial charge in [-0.15, -0.1) is 0 Å². The van der Waals surface area contributed by atoms with Gasteiger partial charge in [0.05, 0.1) is 13.1 Å². The van der Waals surface area contributed by atoms with Crippen LogP contribution in [0.25, 0.3) is 0 Å². The Balaban J connectivity index is 1.45. The Kier molecular flexibility index (Phi) is 5.03. The lowest BCUT2D eigenvalue weighted by Crippen LogP contribution is -2.44. The van der Waals surface area contributed by atoms with Gasteiger partial charge in [-0.05, 0) is 29.3 Å². The maximum Gasteiger partial charge on any atom is 0.333 e. The number of benzene rings is 2. The summed E-state index contributed by atoms with van der Waals surface area (Å²) in [6.07, 6.45) is 0.281. The number of amides is 1. The van der Waals surface area contributed by atoms with E-state index in [1.807, 2.05) is 48.5 Å². The van der Waals surface area contributed by atoms with Crippen molar-refractivity contribution in [3.8, 4) is 11.5 Å². The highest BCUT2D eigenvalue weighted by Crippen LogP contribution is 2.38. The second kappa shape index (κ2) is 7.99. The SMILES string of the molecule is O=C(c1ccn(C(F)F)n1)N1C[C@@H](c2ccccc2)O[C@@H](c2ccc3c(c2)OCO3)C1. The third-order valence-electron chi connectivity index (χ3n) is 5.36. The van der Waals surface area contributed by atoms with Gasteiger partial charge in [0.1, 0.15) is 12.2 Å². The van der Waals surface area contributed by atoms with E-state index in [0.717, 1.165) is 17.3 Å². The summed E-state index contributed by atoms with van der Waals surface area (Å²) in [6, 6.07) is 16.4. The van der Waals surface area contributed by atoms with Crippen molar-refractivity contribution in [2.45, 2.75) is 18.8 Å². The zero-order valence-electron chi connectivity index (χ0n) is 16.4. The van der Waals surface area contributed by atoms with Gasteiger partial charge in [0.25, 0.3) is 5.91 Å². The number of aromatic nitrogens is 2. The summed E-state index contributed by atoms with van der Waals surface area (Å²) in [5.41, 5.74) is 1.73. The molecule has 0 saturated carbocycles. The standard InChI is InChI=1S/C22H19F2N3O4/c23-22(24)27-9-8-16(25-27)21(28)26-11-19(14-4-2-1-3-5-14)31-20(12-26)15-6-7-17-18(10-15)30-13-29-17/h1-10,19-20,22H,11-13H2/t19-,20+/m0/s1. The van der Waals surface area contributed by atoms with Crippen LogP contribution in [0.2, 0.25) is 0 Å². The predicted molar refractivity (Wildman–Crippen MR) is 105 cm³/mol. The van der Waals surface area contributed by atoms with Crippen LogP contribution in [0, 0.1) is 0 Å². The molecule has 0 aliphatic carbocycles. The Morgan fingerprint density at radius 1 is 0.968 bits per heavy atom. The van der Waals surface area contributed by atoms with Crippen LogP contribution >= 0.6 is 0 Å². The quantitative estimate of drug-likeness (QED) is 0.631. The number of morpholine rings is 1. The second-order valence-corrected chi connectivity index (χ2v) is 7.31. The van der Waals surface area contributed by atoms with Gasteiger partial charge in [-0.1, -0.05) is 36.4 Å². The van der Waals surface area contributed by atoms with Gasteiger partial charge < -0.3 is 19.1 Å². The molecule has 3 heterocycles. The lowest BCUT2D eigenvalue weighted by molar-refractivity contribution is -0.0799. The Hall–Kier alpha value is -3.46. The molecule has 5 rings (SSSR count). The van der Waals surface area contributed by atoms with Crippen molar-refractivity contribution < 1.29 is 27.8 Å². The average Bonchev–Trinajstić information content (AvgIpc) is 3.48. The molecular weight excluding hydrogens is 408 g/mol. The number of ether oxygens (including phenoxy) is 3. The van der Waals surface area contributed by atoms with E-state index < -0.39 is 18.6 Å². The molecule has 2 aliphatic rings. The molecular formula is C22H19F2N3O4. The number of hydrogen-bond acceptors (Lipinski definition) is 5. The van der Waals surface area contributed by atoms with Gasteiger partial charge in [0, 0.05) is 6.20 Å². The third-order valence-corrected chi connectivity index (χ3v) is 5.36. The van der Waals surface area contributed by atoms with Crippen molar-refractivity contribution in [2.24, 2.45) is 0 Å². The Labute approximate surface area is 176 Å². The van der Waals surface area contributed by atoms with Crippen molar-refractivity contribution in [3.63, 3.8) is 0 Å². The molecule has 1 saturated heterocycles. The van der Waals surface area contributed by atoms with Gasteiger partial charge in [0.2, 0.25) is 6.79 Å². The molecule has 0 spiro atoms. The van der Waals surface area contributed by atoms with Gasteiger partial charge in [-0.2, -0.15) is 13.9 Å². The number of halogens is 2. The summed E-state index contributed by atoms with van der Waals surface area (Å²) in [4.78, 5) is 14.7. The molecule has 0 N–H and O–H groups in total. The highest BCUT2D eigenvalue weighted by atomic mass is 19.3. The lowest BCUT2D eigenvalue weighted by Gasteiger charge is -2.38. The molecule has 1 aromatic heterocycles. The topological polar surface area (TPSA) is 65.8 Å². The summed E-state index contributed by atoms with van der Waals surface area (Å²) in [5, 5.41) is 3.73. The molecule has 1 fully saturated rings. The number of hydrogen-bond donors (Lipinski definition) is 0. The minimum Gasteiger partial charge on any atom is -0.454 e. The first-order chi connectivity index (χ1) is 15.1. The Morgan fingerprint density at radius 2 is 1.71 bits per heavy atom. The Morgan fingerprint density at radius 3 is 2.45 bits per heavy atom. The molecule has 0 bridgehead atoms.